The zero-order valence-electron chi connectivity index (χ0n) is 17.6. The van der Waals surface area contributed by atoms with Crippen LogP contribution in [0.15, 0.2) is 60.7 Å². The van der Waals surface area contributed by atoms with Crippen LogP contribution in [-0.2, 0) is 12.8 Å². The molecule has 1 fully saturated rings. The van der Waals surface area contributed by atoms with Crippen LogP contribution in [0.5, 0.6) is 0 Å². The van der Waals surface area contributed by atoms with Crippen molar-refractivity contribution >= 4 is 5.91 Å². The number of aromatic nitrogens is 1. The van der Waals surface area contributed by atoms with E-state index in [0.29, 0.717) is 6.04 Å². The van der Waals surface area contributed by atoms with Gasteiger partial charge in [0.05, 0.1) is 5.69 Å². The third kappa shape index (κ3) is 3.81. The van der Waals surface area contributed by atoms with Crippen LogP contribution in [-0.4, -0.2) is 16.5 Å². The van der Waals surface area contributed by atoms with Crippen molar-refractivity contribution in [3.63, 3.8) is 0 Å². The minimum absolute atomic E-state index is 0.0614. The first kappa shape index (κ1) is 19.2. The summed E-state index contributed by atoms with van der Waals surface area (Å²) < 4.78 is 2.41. The highest BCUT2D eigenvalue weighted by Crippen LogP contribution is 2.34. The van der Waals surface area contributed by atoms with Crippen molar-refractivity contribution < 1.29 is 4.79 Å². The van der Waals surface area contributed by atoms with Gasteiger partial charge in [0.15, 0.2) is 0 Å². The van der Waals surface area contributed by atoms with Gasteiger partial charge in [-0.3, -0.25) is 4.79 Å². The van der Waals surface area contributed by atoms with Gasteiger partial charge in [0.1, 0.15) is 0 Å². The van der Waals surface area contributed by atoms with E-state index in [1.807, 2.05) is 12.1 Å². The summed E-state index contributed by atoms with van der Waals surface area (Å²) in [4.78, 5) is 12.7. The fraction of sp³-hybridized carbons (Fsp3) is 0.370. The molecule has 0 unspecified atom stereocenters. The van der Waals surface area contributed by atoms with Crippen molar-refractivity contribution in [1.82, 2.24) is 9.88 Å². The Morgan fingerprint density at radius 2 is 1.57 bits per heavy atom. The number of nitrogens with zero attached hydrogens (tertiary/aromatic N) is 1. The molecular weight excluding hydrogens is 368 g/mol. The Morgan fingerprint density at radius 3 is 2.33 bits per heavy atom. The minimum atomic E-state index is 0.0614. The summed E-state index contributed by atoms with van der Waals surface area (Å²) >= 11 is 0. The predicted octanol–water partition coefficient (Wildman–Crippen LogP) is 6.09. The van der Waals surface area contributed by atoms with E-state index in [4.69, 9.17) is 0 Å². The summed E-state index contributed by atoms with van der Waals surface area (Å²) in [5.74, 6) is 0.0614. The number of rotatable bonds is 4. The molecule has 1 amide bonds. The SMILES string of the molecule is O=C(NC1CCCCC1)c1ccc(-n2c(-c3ccccc3)cc3c2CCCC3)cc1. The second-order valence-corrected chi connectivity index (χ2v) is 8.77. The molecule has 0 bridgehead atoms. The lowest BCUT2D eigenvalue weighted by molar-refractivity contribution is 0.0927. The predicted molar refractivity (Wildman–Crippen MR) is 122 cm³/mol. The first-order chi connectivity index (χ1) is 14.8. The molecule has 2 aliphatic rings. The quantitative estimate of drug-likeness (QED) is 0.567. The molecule has 30 heavy (non-hydrogen) atoms. The second kappa shape index (κ2) is 8.51. The van der Waals surface area contributed by atoms with Gasteiger partial charge >= 0.3 is 0 Å². The second-order valence-electron chi connectivity index (χ2n) is 8.77. The number of nitrogens with one attached hydrogen (secondary N) is 1. The standard InChI is InChI=1S/C27H30N2O/c30-27(28-23-12-5-2-6-13-23)21-15-17-24(18-16-21)29-25-14-8-7-11-22(25)19-26(29)20-9-3-1-4-10-20/h1,3-4,9-10,15-19,23H,2,5-8,11-14H2,(H,28,30). The van der Waals surface area contributed by atoms with Crippen molar-refractivity contribution in [2.24, 2.45) is 0 Å². The highest BCUT2D eigenvalue weighted by atomic mass is 16.1. The van der Waals surface area contributed by atoms with Crippen LogP contribution >= 0.6 is 0 Å². The van der Waals surface area contributed by atoms with Crippen LogP contribution in [0.25, 0.3) is 16.9 Å². The summed E-state index contributed by atoms with van der Waals surface area (Å²) in [6.45, 7) is 0. The average molecular weight is 399 g/mol. The van der Waals surface area contributed by atoms with Gasteiger partial charge in [-0.2, -0.15) is 0 Å². The molecule has 154 valence electrons. The van der Waals surface area contributed by atoms with E-state index in [-0.39, 0.29) is 5.91 Å². The smallest absolute Gasteiger partial charge is 0.251 e. The lowest BCUT2D eigenvalue weighted by Crippen LogP contribution is -2.36. The maximum Gasteiger partial charge on any atom is 0.251 e. The molecule has 1 heterocycles. The summed E-state index contributed by atoms with van der Waals surface area (Å²) in [5.41, 5.74) is 7.30. The number of carbonyl (C=O) groups is 1. The molecule has 1 aromatic heterocycles. The van der Waals surface area contributed by atoms with Gasteiger partial charge in [-0.1, -0.05) is 49.6 Å². The average Bonchev–Trinajstić information content (AvgIpc) is 3.20. The van der Waals surface area contributed by atoms with Gasteiger partial charge in [-0.15, -0.1) is 0 Å². The number of hydrogen-bond donors (Lipinski definition) is 1. The molecule has 3 nitrogen and oxygen atoms in total. The van der Waals surface area contributed by atoms with E-state index >= 15 is 0 Å². The van der Waals surface area contributed by atoms with Crippen LogP contribution < -0.4 is 5.32 Å². The van der Waals surface area contributed by atoms with Gasteiger partial charge in [0.2, 0.25) is 0 Å². The summed E-state index contributed by atoms with van der Waals surface area (Å²) in [6.07, 6.45) is 10.8. The van der Waals surface area contributed by atoms with Gasteiger partial charge in [0, 0.05) is 23.0 Å². The van der Waals surface area contributed by atoms with E-state index in [1.54, 1.807) is 0 Å². The lowest BCUT2D eigenvalue weighted by atomic mass is 9.95. The maximum atomic E-state index is 12.7. The Morgan fingerprint density at radius 1 is 0.833 bits per heavy atom. The van der Waals surface area contributed by atoms with Crippen molar-refractivity contribution in [3.05, 3.63) is 77.5 Å². The van der Waals surface area contributed by atoms with E-state index < -0.39 is 0 Å². The third-order valence-corrected chi connectivity index (χ3v) is 6.70. The molecule has 2 aromatic carbocycles. The van der Waals surface area contributed by atoms with E-state index in [1.165, 1.54) is 54.6 Å². The Hall–Kier alpha value is -2.81. The van der Waals surface area contributed by atoms with Crippen LogP contribution in [0.4, 0.5) is 0 Å². The van der Waals surface area contributed by atoms with Crippen LogP contribution in [0.3, 0.4) is 0 Å². The van der Waals surface area contributed by atoms with Crippen molar-refractivity contribution in [1.29, 1.82) is 0 Å². The summed E-state index contributed by atoms with van der Waals surface area (Å²) in [6, 6.07) is 21.5. The first-order valence-corrected chi connectivity index (χ1v) is 11.5. The van der Waals surface area contributed by atoms with E-state index in [2.05, 4.69) is 58.4 Å². The maximum absolute atomic E-state index is 12.7. The van der Waals surface area contributed by atoms with Crippen molar-refractivity contribution in [2.45, 2.75) is 63.8 Å². The largest absolute Gasteiger partial charge is 0.349 e. The molecule has 0 saturated heterocycles. The minimum Gasteiger partial charge on any atom is -0.349 e. The summed E-state index contributed by atoms with van der Waals surface area (Å²) in [7, 11) is 0. The molecule has 0 radical (unpaired) electrons. The zero-order valence-corrected chi connectivity index (χ0v) is 17.6. The molecule has 0 aliphatic heterocycles. The molecule has 3 heteroatoms. The fourth-order valence-corrected chi connectivity index (χ4v) is 5.09. The number of amides is 1. The van der Waals surface area contributed by atoms with Gasteiger partial charge in [0.25, 0.3) is 5.91 Å². The molecule has 2 aliphatic carbocycles. The molecule has 1 saturated carbocycles. The molecule has 0 spiro atoms. The third-order valence-electron chi connectivity index (χ3n) is 6.70. The number of carbonyl (C=O) groups excluding carboxylic acids is 1. The fourth-order valence-electron chi connectivity index (χ4n) is 5.09. The highest BCUT2D eigenvalue weighted by Gasteiger charge is 2.21. The Balaban J connectivity index is 1.45. The summed E-state index contributed by atoms with van der Waals surface area (Å²) in [5, 5.41) is 3.23. The number of aryl methyl sites for hydroxylation is 1. The highest BCUT2D eigenvalue weighted by molar-refractivity contribution is 5.94. The van der Waals surface area contributed by atoms with Crippen molar-refractivity contribution in [2.75, 3.05) is 0 Å². The molecule has 5 rings (SSSR count). The lowest BCUT2D eigenvalue weighted by Gasteiger charge is -2.23. The monoisotopic (exact) mass is 398 g/mol. The number of fused-ring (bicyclic) bond motifs is 1. The molecule has 3 aromatic rings. The Bertz CT molecular complexity index is 1010. The number of hydrogen-bond acceptors (Lipinski definition) is 1. The molecule has 1 N–H and O–H groups in total. The zero-order chi connectivity index (χ0) is 20.3. The Labute approximate surface area is 179 Å². The molecule has 0 atom stereocenters. The van der Waals surface area contributed by atoms with Gasteiger partial charge in [-0.05, 0) is 80.0 Å². The van der Waals surface area contributed by atoms with Crippen LogP contribution in [0, 0.1) is 0 Å². The van der Waals surface area contributed by atoms with Crippen LogP contribution in [0.1, 0.15) is 66.6 Å². The molecular formula is C27H30N2O. The number of benzene rings is 2. The van der Waals surface area contributed by atoms with E-state index in [0.717, 1.165) is 36.9 Å². The van der Waals surface area contributed by atoms with Gasteiger partial charge < -0.3 is 9.88 Å². The van der Waals surface area contributed by atoms with E-state index in [9.17, 15) is 4.79 Å². The first-order valence-electron chi connectivity index (χ1n) is 11.5. The topological polar surface area (TPSA) is 34.0 Å². The Kier molecular flexibility index (Phi) is 5.44. The van der Waals surface area contributed by atoms with Crippen LogP contribution in [0.2, 0.25) is 0 Å². The normalized spacial score (nSPS) is 16.8. The van der Waals surface area contributed by atoms with Gasteiger partial charge in [-0.25, -0.2) is 0 Å². The van der Waals surface area contributed by atoms with Crippen molar-refractivity contribution in [3.8, 4) is 16.9 Å².